The Bertz CT molecular complexity index is 383. The molecule has 1 unspecified atom stereocenters. The number of fused-ring (bicyclic) bond motifs is 1. The van der Waals surface area contributed by atoms with Gasteiger partial charge in [0.15, 0.2) is 0 Å². The minimum atomic E-state index is -0.279. The molecule has 86 valence electrons. The molecule has 3 heteroatoms. The molecule has 0 amide bonds. The topological polar surface area (TPSA) is 38.7 Å². The second-order valence-corrected chi connectivity index (χ2v) is 4.52. The lowest BCUT2D eigenvalue weighted by molar-refractivity contribution is 0.141. The molecule has 16 heavy (non-hydrogen) atoms. The third-order valence-corrected chi connectivity index (χ3v) is 3.35. The highest BCUT2D eigenvalue weighted by molar-refractivity contribution is 5.39. The second kappa shape index (κ2) is 4.07. The first kappa shape index (κ1) is 10.1. The van der Waals surface area contributed by atoms with Crippen molar-refractivity contribution in [3.63, 3.8) is 0 Å². The first-order valence-electron chi connectivity index (χ1n) is 5.88. The van der Waals surface area contributed by atoms with Gasteiger partial charge in [-0.3, -0.25) is 0 Å². The molecule has 2 aliphatic rings. The van der Waals surface area contributed by atoms with Crippen molar-refractivity contribution < 1.29 is 14.6 Å². The predicted molar refractivity (Wildman–Crippen MR) is 59.6 cm³/mol. The van der Waals surface area contributed by atoms with Crippen LogP contribution in [-0.2, 0) is 11.2 Å². The van der Waals surface area contributed by atoms with Gasteiger partial charge in [0, 0.05) is 6.42 Å². The van der Waals surface area contributed by atoms with Crippen LogP contribution < -0.4 is 4.74 Å². The van der Waals surface area contributed by atoms with Gasteiger partial charge in [0.25, 0.3) is 0 Å². The monoisotopic (exact) mass is 220 g/mol. The lowest BCUT2D eigenvalue weighted by Crippen LogP contribution is -2.15. The summed E-state index contributed by atoms with van der Waals surface area (Å²) in [5.41, 5.74) is 2.29. The number of hydrogen-bond donors (Lipinski definition) is 1. The number of ether oxygens (including phenoxy) is 2. The number of aliphatic hydroxyl groups excluding tert-OH is 1. The Balaban J connectivity index is 1.76. The molecule has 1 N–H and O–H groups in total. The SMILES string of the molecule is O[C@@H]1CCc2cc(OC3CCOC3)ccc21. The van der Waals surface area contributed by atoms with Crippen LogP contribution in [0.2, 0.25) is 0 Å². The normalized spacial score (nSPS) is 28.1. The number of aryl methyl sites for hydroxylation is 1. The molecule has 1 fully saturated rings. The number of rotatable bonds is 2. The first-order valence-corrected chi connectivity index (χ1v) is 5.88. The summed E-state index contributed by atoms with van der Waals surface area (Å²) < 4.78 is 11.1. The first-order chi connectivity index (χ1) is 7.83. The van der Waals surface area contributed by atoms with Gasteiger partial charge in [-0.25, -0.2) is 0 Å². The average molecular weight is 220 g/mol. The molecule has 3 nitrogen and oxygen atoms in total. The van der Waals surface area contributed by atoms with E-state index >= 15 is 0 Å². The Hall–Kier alpha value is -1.06. The van der Waals surface area contributed by atoms with E-state index in [4.69, 9.17) is 9.47 Å². The van der Waals surface area contributed by atoms with Gasteiger partial charge in [-0.1, -0.05) is 6.07 Å². The van der Waals surface area contributed by atoms with E-state index in [2.05, 4.69) is 6.07 Å². The van der Waals surface area contributed by atoms with Crippen molar-refractivity contribution >= 4 is 0 Å². The summed E-state index contributed by atoms with van der Waals surface area (Å²) in [5.74, 6) is 0.906. The Labute approximate surface area is 95.0 Å². The summed E-state index contributed by atoms with van der Waals surface area (Å²) in [5, 5.41) is 9.70. The van der Waals surface area contributed by atoms with Crippen molar-refractivity contribution in [1.29, 1.82) is 0 Å². The largest absolute Gasteiger partial charge is 0.488 e. The molecular formula is C13H16O3. The minimum absolute atomic E-state index is 0.198. The van der Waals surface area contributed by atoms with E-state index in [1.807, 2.05) is 12.1 Å². The fraction of sp³-hybridized carbons (Fsp3) is 0.538. The third-order valence-electron chi connectivity index (χ3n) is 3.35. The molecule has 3 rings (SSSR count). The van der Waals surface area contributed by atoms with Crippen molar-refractivity contribution in [3.05, 3.63) is 29.3 Å². The van der Waals surface area contributed by atoms with E-state index in [0.29, 0.717) is 6.61 Å². The summed E-state index contributed by atoms with van der Waals surface area (Å²) in [6.07, 6.45) is 2.68. The van der Waals surface area contributed by atoms with Crippen LogP contribution in [-0.4, -0.2) is 24.4 Å². The molecular weight excluding hydrogens is 204 g/mol. The van der Waals surface area contributed by atoms with E-state index < -0.39 is 0 Å². The van der Waals surface area contributed by atoms with Crippen LogP contribution in [0.3, 0.4) is 0 Å². The maximum Gasteiger partial charge on any atom is 0.124 e. The molecule has 0 radical (unpaired) electrons. The molecule has 1 heterocycles. The van der Waals surface area contributed by atoms with E-state index in [1.165, 1.54) is 5.56 Å². The number of hydrogen-bond acceptors (Lipinski definition) is 3. The lowest BCUT2D eigenvalue weighted by Gasteiger charge is -2.13. The molecule has 1 saturated heterocycles. The van der Waals surface area contributed by atoms with Crippen molar-refractivity contribution in [2.75, 3.05) is 13.2 Å². The Morgan fingerprint density at radius 1 is 1.31 bits per heavy atom. The van der Waals surface area contributed by atoms with Crippen molar-refractivity contribution in [3.8, 4) is 5.75 Å². The highest BCUT2D eigenvalue weighted by Crippen LogP contribution is 2.33. The maximum absolute atomic E-state index is 9.70. The van der Waals surface area contributed by atoms with Gasteiger partial charge in [0.2, 0.25) is 0 Å². The van der Waals surface area contributed by atoms with Crippen molar-refractivity contribution in [1.82, 2.24) is 0 Å². The van der Waals surface area contributed by atoms with Gasteiger partial charge in [-0.2, -0.15) is 0 Å². The van der Waals surface area contributed by atoms with Crippen LogP contribution in [0.5, 0.6) is 5.75 Å². The van der Waals surface area contributed by atoms with E-state index in [-0.39, 0.29) is 12.2 Å². The fourth-order valence-corrected chi connectivity index (χ4v) is 2.44. The van der Waals surface area contributed by atoms with Crippen LogP contribution >= 0.6 is 0 Å². The van der Waals surface area contributed by atoms with Gasteiger partial charge < -0.3 is 14.6 Å². The highest BCUT2D eigenvalue weighted by Gasteiger charge is 2.22. The Kier molecular flexibility index (Phi) is 2.58. The van der Waals surface area contributed by atoms with E-state index in [0.717, 1.165) is 37.2 Å². The van der Waals surface area contributed by atoms with Gasteiger partial charge >= 0.3 is 0 Å². The summed E-state index contributed by atoms with van der Waals surface area (Å²) in [6.45, 7) is 1.49. The standard InChI is InChI=1S/C13H16O3/c14-13-4-1-9-7-10(2-3-12(9)13)16-11-5-6-15-8-11/h2-3,7,11,13-14H,1,4-6,8H2/t11?,13-/m1/s1. The van der Waals surface area contributed by atoms with Gasteiger partial charge in [0.1, 0.15) is 11.9 Å². The number of aliphatic hydroxyl groups is 1. The zero-order valence-electron chi connectivity index (χ0n) is 9.19. The molecule has 1 aromatic carbocycles. The number of benzene rings is 1. The maximum atomic E-state index is 9.70. The van der Waals surface area contributed by atoms with Crippen LogP contribution in [0.4, 0.5) is 0 Å². The molecule has 1 aliphatic carbocycles. The zero-order chi connectivity index (χ0) is 11.0. The molecule has 2 atom stereocenters. The van der Waals surface area contributed by atoms with E-state index in [9.17, 15) is 5.11 Å². The zero-order valence-corrected chi connectivity index (χ0v) is 9.19. The van der Waals surface area contributed by atoms with Gasteiger partial charge in [0.05, 0.1) is 19.3 Å². The molecule has 1 aliphatic heterocycles. The Morgan fingerprint density at radius 2 is 2.25 bits per heavy atom. The molecule has 0 spiro atoms. The molecule has 0 bridgehead atoms. The van der Waals surface area contributed by atoms with Crippen LogP contribution in [0, 0.1) is 0 Å². The smallest absolute Gasteiger partial charge is 0.124 e. The van der Waals surface area contributed by atoms with Gasteiger partial charge in [-0.05, 0) is 36.1 Å². The van der Waals surface area contributed by atoms with Crippen molar-refractivity contribution in [2.24, 2.45) is 0 Å². The second-order valence-electron chi connectivity index (χ2n) is 4.52. The van der Waals surface area contributed by atoms with Crippen molar-refractivity contribution in [2.45, 2.75) is 31.5 Å². The van der Waals surface area contributed by atoms with E-state index in [1.54, 1.807) is 0 Å². The quantitative estimate of drug-likeness (QED) is 0.826. The van der Waals surface area contributed by atoms with Crippen LogP contribution in [0.25, 0.3) is 0 Å². The summed E-state index contributed by atoms with van der Waals surface area (Å²) in [6, 6.07) is 5.99. The molecule has 1 aromatic rings. The predicted octanol–water partition coefficient (Wildman–Crippen LogP) is 1.83. The van der Waals surface area contributed by atoms with Gasteiger partial charge in [-0.15, -0.1) is 0 Å². The highest BCUT2D eigenvalue weighted by atomic mass is 16.5. The molecule has 0 aromatic heterocycles. The summed E-state index contributed by atoms with van der Waals surface area (Å²) in [7, 11) is 0. The van der Waals surface area contributed by atoms with Crippen LogP contribution in [0.15, 0.2) is 18.2 Å². The lowest BCUT2D eigenvalue weighted by atomic mass is 10.1. The molecule has 0 saturated carbocycles. The summed E-state index contributed by atoms with van der Waals surface area (Å²) in [4.78, 5) is 0. The average Bonchev–Trinajstić information content (AvgIpc) is 2.90. The minimum Gasteiger partial charge on any atom is -0.488 e. The third kappa shape index (κ3) is 1.81. The summed E-state index contributed by atoms with van der Waals surface area (Å²) >= 11 is 0. The van der Waals surface area contributed by atoms with Crippen LogP contribution in [0.1, 0.15) is 30.1 Å². The fourth-order valence-electron chi connectivity index (χ4n) is 2.44. The Morgan fingerprint density at radius 3 is 3.06 bits per heavy atom.